The first-order valence-corrected chi connectivity index (χ1v) is 7.58. The molecule has 1 N–H and O–H groups in total. The summed E-state index contributed by atoms with van der Waals surface area (Å²) in [5.41, 5.74) is 4.67. The molecule has 110 valence electrons. The van der Waals surface area contributed by atoms with Gasteiger partial charge in [-0.3, -0.25) is 4.98 Å². The van der Waals surface area contributed by atoms with E-state index in [0.717, 1.165) is 18.0 Å². The minimum atomic E-state index is 0.520. The summed E-state index contributed by atoms with van der Waals surface area (Å²) in [6.07, 6.45) is 4.42. The lowest BCUT2D eigenvalue weighted by molar-refractivity contribution is 0.296. The second kappa shape index (κ2) is 6.27. The number of aryl methyl sites for hydroxylation is 2. The fourth-order valence-corrected chi connectivity index (χ4v) is 2.34. The van der Waals surface area contributed by atoms with Crippen molar-refractivity contribution in [3.63, 3.8) is 0 Å². The van der Waals surface area contributed by atoms with Crippen LogP contribution in [0.3, 0.4) is 0 Å². The summed E-state index contributed by atoms with van der Waals surface area (Å²) < 4.78 is 6.01. The molecular weight excluding hydrogens is 260 g/mol. The summed E-state index contributed by atoms with van der Waals surface area (Å²) in [6.45, 7) is 5.58. The number of benzene rings is 1. The van der Waals surface area contributed by atoms with Crippen LogP contribution in [-0.4, -0.2) is 11.0 Å². The fraction of sp³-hybridized carbons (Fsp3) is 0.389. The molecule has 0 unspecified atom stereocenters. The van der Waals surface area contributed by atoms with Crippen molar-refractivity contribution in [2.24, 2.45) is 0 Å². The van der Waals surface area contributed by atoms with E-state index in [-0.39, 0.29) is 0 Å². The Bertz CT molecular complexity index is 620. The molecule has 0 atom stereocenters. The second-order valence-corrected chi connectivity index (χ2v) is 5.82. The van der Waals surface area contributed by atoms with Crippen LogP contribution in [0.2, 0.25) is 0 Å². The maximum Gasteiger partial charge on any atom is 0.130 e. The van der Waals surface area contributed by atoms with Crippen molar-refractivity contribution in [3.8, 4) is 5.75 Å². The number of ether oxygens (including phenoxy) is 1. The molecule has 0 radical (unpaired) electrons. The number of rotatable bonds is 6. The van der Waals surface area contributed by atoms with Crippen molar-refractivity contribution >= 4 is 0 Å². The zero-order valence-electron chi connectivity index (χ0n) is 12.7. The average molecular weight is 282 g/mol. The highest BCUT2D eigenvalue weighted by atomic mass is 16.5. The molecule has 21 heavy (non-hydrogen) atoms. The van der Waals surface area contributed by atoms with Crippen LogP contribution < -0.4 is 10.1 Å². The van der Waals surface area contributed by atoms with E-state index in [9.17, 15) is 0 Å². The zero-order valence-corrected chi connectivity index (χ0v) is 12.7. The smallest absolute Gasteiger partial charge is 0.130 e. The molecule has 0 bridgehead atoms. The van der Waals surface area contributed by atoms with Crippen LogP contribution in [0.1, 0.15) is 35.2 Å². The van der Waals surface area contributed by atoms with Gasteiger partial charge in [-0.05, 0) is 44.4 Å². The second-order valence-electron chi connectivity index (χ2n) is 5.82. The van der Waals surface area contributed by atoms with Crippen molar-refractivity contribution in [1.29, 1.82) is 0 Å². The quantitative estimate of drug-likeness (QED) is 0.880. The molecule has 1 aliphatic rings. The van der Waals surface area contributed by atoms with E-state index in [2.05, 4.69) is 48.4 Å². The van der Waals surface area contributed by atoms with Gasteiger partial charge in [0, 0.05) is 24.3 Å². The molecule has 0 aliphatic heterocycles. The van der Waals surface area contributed by atoms with Gasteiger partial charge in [0.2, 0.25) is 0 Å². The van der Waals surface area contributed by atoms with Crippen LogP contribution in [0.15, 0.2) is 36.5 Å². The Hall–Kier alpha value is -1.87. The van der Waals surface area contributed by atoms with Gasteiger partial charge < -0.3 is 10.1 Å². The predicted octanol–water partition coefficient (Wildman–Crippen LogP) is 3.53. The van der Waals surface area contributed by atoms with Crippen molar-refractivity contribution in [2.45, 2.75) is 45.9 Å². The molecule has 3 heteroatoms. The van der Waals surface area contributed by atoms with E-state index in [0.29, 0.717) is 12.6 Å². The van der Waals surface area contributed by atoms with E-state index in [1.165, 1.54) is 29.5 Å². The molecule has 1 saturated carbocycles. The van der Waals surface area contributed by atoms with Crippen LogP contribution in [0, 0.1) is 13.8 Å². The number of hydrogen-bond donors (Lipinski definition) is 1. The topological polar surface area (TPSA) is 34.1 Å². The third kappa shape index (κ3) is 3.82. The third-order valence-electron chi connectivity index (χ3n) is 3.86. The third-order valence-corrected chi connectivity index (χ3v) is 3.86. The van der Waals surface area contributed by atoms with Crippen molar-refractivity contribution in [3.05, 3.63) is 58.9 Å². The van der Waals surface area contributed by atoms with Gasteiger partial charge in [0.1, 0.15) is 12.4 Å². The Morgan fingerprint density at radius 1 is 1.24 bits per heavy atom. The Morgan fingerprint density at radius 2 is 2.10 bits per heavy atom. The Balaban J connectivity index is 1.70. The lowest BCUT2D eigenvalue weighted by Crippen LogP contribution is -2.16. The average Bonchev–Trinajstić information content (AvgIpc) is 3.30. The number of nitrogens with zero attached hydrogens (tertiary/aromatic N) is 1. The standard InChI is InChI=1S/C18H22N2O/c1-13-5-8-18(15(10-13)11-20-16-6-7-16)21-12-17-14(2)4-3-9-19-17/h3-5,8-10,16,20H,6-7,11-12H2,1-2H3. The molecule has 1 aromatic heterocycles. The molecular formula is C18H22N2O. The van der Waals surface area contributed by atoms with Crippen molar-refractivity contribution < 1.29 is 4.74 Å². The number of pyridine rings is 1. The first-order valence-electron chi connectivity index (χ1n) is 7.58. The summed E-state index contributed by atoms with van der Waals surface area (Å²) in [6, 6.07) is 11.1. The van der Waals surface area contributed by atoms with Gasteiger partial charge in [-0.1, -0.05) is 23.8 Å². The molecule has 1 heterocycles. The van der Waals surface area contributed by atoms with Crippen LogP contribution in [0.4, 0.5) is 0 Å². The van der Waals surface area contributed by atoms with Crippen LogP contribution in [0.25, 0.3) is 0 Å². The summed E-state index contributed by atoms with van der Waals surface area (Å²) in [5.74, 6) is 0.957. The Kier molecular flexibility index (Phi) is 4.20. The van der Waals surface area contributed by atoms with E-state index in [1.807, 2.05) is 12.3 Å². The molecule has 1 fully saturated rings. The molecule has 3 nitrogen and oxygen atoms in total. The van der Waals surface area contributed by atoms with Crippen LogP contribution in [-0.2, 0) is 13.2 Å². The first-order chi connectivity index (χ1) is 10.2. The monoisotopic (exact) mass is 282 g/mol. The summed E-state index contributed by atoms with van der Waals surface area (Å²) in [4.78, 5) is 4.38. The molecule has 0 spiro atoms. The minimum Gasteiger partial charge on any atom is -0.487 e. The van der Waals surface area contributed by atoms with E-state index in [4.69, 9.17) is 4.74 Å². The number of aromatic nitrogens is 1. The van der Waals surface area contributed by atoms with Crippen molar-refractivity contribution in [2.75, 3.05) is 0 Å². The van der Waals surface area contributed by atoms with Gasteiger partial charge in [0.25, 0.3) is 0 Å². The van der Waals surface area contributed by atoms with Gasteiger partial charge >= 0.3 is 0 Å². The summed E-state index contributed by atoms with van der Waals surface area (Å²) in [5, 5.41) is 3.55. The Morgan fingerprint density at radius 3 is 2.86 bits per heavy atom. The van der Waals surface area contributed by atoms with Gasteiger partial charge in [-0.2, -0.15) is 0 Å². The fourth-order valence-electron chi connectivity index (χ4n) is 2.34. The van der Waals surface area contributed by atoms with Crippen LogP contribution in [0.5, 0.6) is 5.75 Å². The highest BCUT2D eigenvalue weighted by Gasteiger charge is 2.20. The molecule has 1 aliphatic carbocycles. The maximum atomic E-state index is 6.01. The molecule has 2 aromatic rings. The normalized spacial score (nSPS) is 14.2. The molecule has 1 aromatic carbocycles. The van der Waals surface area contributed by atoms with Gasteiger partial charge in [0.05, 0.1) is 5.69 Å². The van der Waals surface area contributed by atoms with Gasteiger partial charge in [-0.25, -0.2) is 0 Å². The molecule has 3 rings (SSSR count). The number of nitrogens with one attached hydrogen (secondary N) is 1. The predicted molar refractivity (Wildman–Crippen MR) is 84.3 cm³/mol. The van der Waals surface area contributed by atoms with Crippen molar-refractivity contribution in [1.82, 2.24) is 10.3 Å². The Labute approximate surface area is 126 Å². The SMILES string of the molecule is Cc1ccc(OCc2ncccc2C)c(CNC2CC2)c1. The zero-order chi connectivity index (χ0) is 14.7. The first kappa shape index (κ1) is 14.1. The van der Waals surface area contributed by atoms with E-state index in [1.54, 1.807) is 0 Å². The minimum absolute atomic E-state index is 0.520. The van der Waals surface area contributed by atoms with E-state index < -0.39 is 0 Å². The lowest BCUT2D eigenvalue weighted by Gasteiger charge is -2.13. The molecule has 0 saturated heterocycles. The maximum absolute atomic E-state index is 6.01. The number of hydrogen-bond acceptors (Lipinski definition) is 3. The highest BCUT2D eigenvalue weighted by Crippen LogP contribution is 2.24. The lowest BCUT2D eigenvalue weighted by atomic mass is 10.1. The highest BCUT2D eigenvalue weighted by molar-refractivity contribution is 5.37. The van der Waals surface area contributed by atoms with Crippen LogP contribution >= 0.6 is 0 Å². The summed E-state index contributed by atoms with van der Waals surface area (Å²) in [7, 11) is 0. The largest absolute Gasteiger partial charge is 0.487 e. The van der Waals surface area contributed by atoms with E-state index >= 15 is 0 Å². The van der Waals surface area contributed by atoms with Gasteiger partial charge in [-0.15, -0.1) is 0 Å². The summed E-state index contributed by atoms with van der Waals surface area (Å²) >= 11 is 0. The van der Waals surface area contributed by atoms with Gasteiger partial charge in [0.15, 0.2) is 0 Å². The molecule has 0 amide bonds.